The van der Waals surface area contributed by atoms with E-state index in [2.05, 4.69) is 0 Å². The first-order valence-electron chi connectivity index (χ1n) is 2.91. The molecular weight excluding hydrogens is 104 g/mol. The first-order chi connectivity index (χ1) is 3.79. The molecule has 1 aliphatic rings. The molecule has 0 N–H and O–H groups in total. The van der Waals surface area contributed by atoms with Crippen LogP contribution in [0.15, 0.2) is 0 Å². The van der Waals surface area contributed by atoms with Crippen LogP contribution in [0.5, 0.6) is 0 Å². The van der Waals surface area contributed by atoms with Crippen molar-refractivity contribution in [3.8, 4) is 0 Å². The number of rotatable bonds is 0. The third kappa shape index (κ3) is 1.46. The second-order valence-corrected chi connectivity index (χ2v) is 2.23. The monoisotopic (exact) mass is 115 g/mol. The Morgan fingerprint density at radius 3 is 2.00 bits per heavy atom. The summed E-state index contributed by atoms with van der Waals surface area (Å²) >= 11 is 0. The van der Waals surface area contributed by atoms with Crippen LogP contribution in [-0.4, -0.2) is 12.2 Å². The Kier molecular flexibility index (Phi) is 1.86. The SMILES string of the molecule is C[C@@H]1C[C@@H](C)O[CH]O1. The van der Waals surface area contributed by atoms with E-state index in [1.807, 2.05) is 13.8 Å². The molecule has 0 amide bonds. The number of ether oxygens (including phenoxy) is 2. The minimum atomic E-state index is 0.332. The van der Waals surface area contributed by atoms with E-state index in [4.69, 9.17) is 9.47 Å². The lowest BCUT2D eigenvalue weighted by Gasteiger charge is -2.23. The zero-order valence-electron chi connectivity index (χ0n) is 5.26. The van der Waals surface area contributed by atoms with Crippen LogP contribution in [0.3, 0.4) is 0 Å². The molecule has 1 aliphatic heterocycles. The topological polar surface area (TPSA) is 18.5 Å². The average Bonchev–Trinajstić information content (AvgIpc) is 1.64. The Labute approximate surface area is 49.8 Å². The summed E-state index contributed by atoms with van der Waals surface area (Å²) in [6.07, 6.45) is 1.66. The first-order valence-corrected chi connectivity index (χ1v) is 2.91. The highest BCUT2D eigenvalue weighted by molar-refractivity contribution is 4.63. The van der Waals surface area contributed by atoms with Crippen LogP contribution in [-0.2, 0) is 9.47 Å². The van der Waals surface area contributed by atoms with E-state index in [1.165, 1.54) is 6.79 Å². The molecule has 0 spiro atoms. The van der Waals surface area contributed by atoms with Crippen molar-refractivity contribution in [2.45, 2.75) is 32.5 Å². The van der Waals surface area contributed by atoms with Crippen molar-refractivity contribution in [1.29, 1.82) is 0 Å². The summed E-state index contributed by atoms with van der Waals surface area (Å²) in [6.45, 7) is 5.50. The Morgan fingerprint density at radius 1 is 1.25 bits per heavy atom. The van der Waals surface area contributed by atoms with E-state index in [-0.39, 0.29) is 0 Å². The summed E-state index contributed by atoms with van der Waals surface area (Å²) in [5.41, 5.74) is 0. The van der Waals surface area contributed by atoms with Gasteiger partial charge in [-0.2, -0.15) is 0 Å². The van der Waals surface area contributed by atoms with E-state index >= 15 is 0 Å². The average molecular weight is 115 g/mol. The molecule has 1 saturated heterocycles. The fourth-order valence-electron chi connectivity index (χ4n) is 0.800. The molecule has 0 aromatic rings. The van der Waals surface area contributed by atoms with Crippen LogP contribution in [0.1, 0.15) is 20.3 Å². The van der Waals surface area contributed by atoms with Crippen LogP contribution < -0.4 is 0 Å². The quantitative estimate of drug-likeness (QED) is 0.474. The molecule has 2 atom stereocenters. The van der Waals surface area contributed by atoms with Crippen molar-refractivity contribution >= 4 is 0 Å². The molecule has 0 aromatic heterocycles. The maximum atomic E-state index is 5.00. The predicted octanol–water partition coefficient (Wildman–Crippen LogP) is 1.32. The van der Waals surface area contributed by atoms with Crippen molar-refractivity contribution in [2.75, 3.05) is 0 Å². The largest absolute Gasteiger partial charge is 0.345 e. The van der Waals surface area contributed by atoms with Gasteiger partial charge in [-0.3, -0.25) is 0 Å². The van der Waals surface area contributed by atoms with E-state index < -0.39 is 0 Å². The molecule has 0 bridgehead atoms. The maximum Gasteiger partial charge on any atom is 0.209 e. The molecule has 0 unspecified atom stereocenters. The van der Waals surface area contributed by atoms with Crippen molar-refractivity contribution in [1.82, 2.24) is 0 Å². The van der Waals surface area contributed by atoms with Gasteiger partial charge < -0.3 is 9.47 Å². The van der Waals surface area contributed by atoms with Gasteiger partial charge in [0.15, 0.2) is 0 Å². The van der Waals surface area contributed by atoms with Gasteiger partial charge in [0, 0.05) is 0 Å². The number of hydrogen-bond donors (Lipinski definition) is 0. The van der Waals surface area contributed by atoms with Gasteiger partial charge in [0.1, 0.15) is 0 Å². The molecule has 1 radical (unpaired) electrons. The van der Waals surface area contributed by atoms with Crippen molar-refractivity contribution in [3.05, 3.63) is 6.79 Å². The zero-order valence-corrected chi connectivity index (χ0v) is 5.26. The van der Waals surface area contributed by atoms with Crippen LogP contribution in [0, 0.1) is 6.79 Å². The minimum Gasteiger partial charge on any atom is -0.345 e. The van der Waals surface area contributed by atoms with Gasteiger partial charge in [0.2, 0.25) is 6.79 Å². The minimum absolute atomic E-state index is 0.332. The van der Waals surface area contributed by atoms with Gasteiger partial charge in [-0.15, -0.1) is 0 Å². The van der Waals surface area contributed by atoms with E-state index in [0.717, 1.165) is 6.42 Å². The van der Waals surface area contributed by atoms with Gasteiger partial charge in [-0.05, 0) is 20.3 Å². The zero-order chi connectivity index (χ0) is 5.98. The normalized spacial score (nSPS) is 39.8. The molecule has 47 valence electrons. The number of hydrogen-bond acceptors (Lipinski definition) is 2. The van der Waals surface area contributed by atoms with Crippen molar-refractivity contribution < 1.29 is 9.47 Å². The summed E-state index contributed by atoms with van der Waals surface area (Å²) < 4.78 is 10.0. The highest BCUT2D eigenvalue weighted by Crippen LogP contribution is 2.13. The van der Waals surface area contributed by atoms with Crippen LogP contribution >= 0.6 is 0 Å². The van der Waals surface area contributed by atoms with Gasteiger partial charge >= 0.3 is 0 Å². The third-order valence-corrected chi connectivity index (χ3v) is 1.24. The van der Waals surface area contributed by atoms with Gasteiger partial charge in [0.05, 0.1) is 12.2 Å². The second-order valence-electron chi connectivity index (χ2n) is 2.23. The molecule has 1 heterocycles. The molecule has 0 aromatic carbocycles. The highest BCUT2D eigenvalue weighted by atomic mass is 16.7. The molecule has 2 nitrogen and oxygen atoms in total. The summed E-state index contributed by atoms with van der Waals surface area (Å²) in [6, 6.07) is 0. The molecule has 1 fully saturated rings. The Balaban J connectivity index is 2.23. The van der Waals surface area contributed by atoms with Crippen LogP contribution in [0.25, 0.3) is 0 Å². The first kappa shape index (κ1) is 6.05. The Morgan fingerprint density at radius 2 is 1.75 bits per heavy atom. The van der Waals surface area contributed by atoms with E-state index in [9.17, 15) is 0 Å². The highest BCUT2D eigenvalue weighted by Gasteiger charge is 2.15. The van der Waals surface area contributed by atoms with Crippen LogP contribution in [0.4, 0.5) is 0 Å². The smallest absolute Gasteiger partial charge is 0.209 e. The molecule has 2 heteroatoms. The molecule has 1 rings (SSSR count). The van der Waals surface area contributed by atoms with E-state index in [1.54, 1.807) is 0 Å². The van der Waals surface area contributed by atoms with Gasteiger partial charge in [0.25, 0.3) is 0 Å². The maximum absolute atomic E-state index is 5.00. The Hall–Kier alpha value is -0.0800. The van der Waals surface area contributed by atoms with Gasteiger partial charge in [-0.25, -0.2) is 0 Å². The predicted molar refractivity (Wildman–Crippen MR) is 30.0 cm³/mol. The fraction of sp³-hybridized carbons (Fsp3) is 0.833. The fourth-order valence-corrected chi connectivity index (χ4v) is 0.800. The van der Waals surface area contributed by atoms with Crippen molar-refractivity contribution in [3.63, 3.8) is 0 Å². The second kappa shape index (κ2) is 2.46. The van der Waals surface area contributed by atoms with Crippen molar-refractivity contribution in [2.24, 2.45) is 0 Å². The standard InChI is InChI=1S/C6H11O2/c1-5-3-6(2)8-4-7-5/h4-6H,3H2,1-2H3/t5-,6-/m1/s1. The molecule has 8 heavy (non-hydrogen) atoms. The lowest BCUT2D eigenvalue weighted by Crippen LogP contribution is -2.23. The molecule has 0 saturated carbocycles. The molecule has 0 aliphatic carbocycles. The van der Waals surface area contributed by atoms with Gasteiger partial charge in [-0.1, -0.05) is 0 Å². The van der Waals surface area contributed by atoms with Crippen LogP contribution in [0.2, 0.25) is 0 Å². The molecular formula is C6H11O2. The van der Waals surface area contributed by atoms with E-state index in [0.29, 0.717) is 12.2 Å². The third-order valence-electron chi connectivity index (χ3n) is 1.24. The summed E-state index contributed by atoms with van der Waals surface area (Å²) in [5, 5.41) is 0. The lowest BCUT2D eigenvalue weighted by molar-refractivity contribution is -0.104. The summed E-state index contributed by atoms with van der Waals surface area (Å²) in [7, 11) is 0. The lowest BCUT2D eigenvalue weighted by atomic mass is 10.2. The summed E-state index contributed by atoms with van der Waals surface area (Å²) in [5.74, 6) is 0. The Bertz CT molecular complexity index is 64.9. The summed E-state index contributed by atoms with van der Waals surface area (Å²) in [4.78, 5) is 0.